The fraction of sp³-hybridized carbons (Fsp3) is 0.179. The Balaban J connectivity index is 1.58. The largest absolute Gasteiger partial charge is 0.495 e. The maximum atomic E-state index is 12.3. The highest BCUT2D eigenvalue weighted by Crippen LogP contribution is 2.44. The molecule has 2 aromatic carbocycles. The zero-order valence-electron chi connectivity index (χ0n) is 21.0. The molecule has 0 unspecified atom stereocenters. The van der Waals surface area contributed by atoms with Crippen LogP contribution in [0.1, 0.15) is 23.5 Å². The molecule has 2 atom stereocenters. The summed E-state index contributed by atoms with van der Waals surface area (Å²) in [6.45, 7) is -0.0919. The highest BCUT2D eigenvalue weighted by molar-refractivity contribution is 7.80. The van der Waals surface area contributed by atoms with E-state index in [0.717, 1.165) is 16.9 Å². The molecule has 1 aliphatic rings. The van der Waals surface area contributed by atoms with Crippen molar-refractivity contribution in [3.05, 3.63) is 94.4 Å². The lowest BCUT2D eigenvalue weighted by molar-refractivity contribution is -0.119. The summed E-state index contributed by atoms with van der Waals surface area (Å²) in [6, 6.07) is 19.6. The molecule has 3 heterocycles. The van der Waals surface area contributed by atoms with Crippen LogP contribution in [0, 0.1) is 0 Å². The van der Waals surface area contributed by atoms with Gasteiger partial charge in [-0.2, -0.15) is 0 Å². The third-order valence-electron chi connectivity index (χ3n) is 6.23. The lowest BCUT2D eigenvalue weighted by Gasteiger charge is -2.27. The summed E-state index contributed by atoms with van der Waals surface area (Å²) < 4.78 is 16.8. The molecule has 4 aromatic rings. The van der Waals surface area contributed by atoms with Crippen LogP contribution in [0.4, 0.5) is 11.4 Å². The number of hydrogen-bond acceptors (Lipinski definition) is 6. The minimum Gasteiger partial charge on any atom is -0.495 e. The summed E-state index contributed by atoms with van der Waals surface area (Å²) >= 11 is 18.2. The molecule has 1 saturated heterocycles. The number of carbonyl (C=O) groups is 1. The Labute approximate surface area is 240 Å². The standard InChI is InChI=1S/C28H24Cl2N4O4S/c1-36-15-25(35)32-21-14-17(7-9-23(21)37-2)34-27(26(33-28(34)39)20-5-3-4-12-31-20)24-11-10-22(38-24)16-6-8-18(29)19(30)13-16/h3-14,26-27H,15H2,1-2H3,(H,32,35)(H,33,39)/t26-,27+/m0/s1. The molecular formula is C28H24Cl2N4O4S. The molecule has 0 saturated carbocycles. The third-order valence-corrected chi connectivity index (χ3v) is 7.28. The second-order valence-electron chi connectivity index (χ2n) is 8.69. The van der Waals surface area contributed by atoms with E-state index >= 15 is 0 Å². The molecule has 1 aliphatic heterocycles. The first-order valence-corrected chi connectivity index (χ1v) is 13.1. The lowest BCUT2D eigenvalue weighted by atomic mass is 10.0. The molecule has 1 fully saturated rings. The van der Waals surface area contributed by atoms with Gasteiger partial charge in [-0.05, 0) is 72.9 Å². The summed E-state index contributed by atoms with van der Waals surface area (Å²) in [5.41, 5.74) is 2.78. The Morgan fingerprint density at radius 3 is 2.67 bits per heavy atom. The van der Waals surface area contributed by atoms with Gasteiger partial charge in [0.15, 0.2) is 5.11 Å². The average Bonchev–Trinajstić information content (AvgIpc) is 3.55. The molecule has 0 bridgehead atoms. The van der Waals surface area contributed by atoms with Gasteiger partial charge in [-0.25, -0.2) is 0 Å². The molecule has 11 heteroatoms. The van der Waals surface area contributed by atoms with Gasteiger partial charge in [0, 0.05) is 24.6 Å². The number of nitrogens with zero attached hydrogens (tertiary/aromatic N) is 2. The van der Waals surface area contributed by atoms with Crippen LogP contribution in [0.3, 0.4) is 0 Å². The first-order chi connectivity index (χ1) is 18.9. The maximum absolute atomic E-state index is 12.3. The summed E-state index contributed by atoms with van der Waals surface area (Å²) in [6.07, 6.45) is 1.74. The van der Waals surface area contributed by atoms with Crippen LogP contribution in [0.15, 0.2) is 77.3 Å². The van der Waals surface area contributed by atoms with Crippen molar-refractivity contribution in [2.75, 3.05) is 31.0 Å². The Kier molecular flexibility index (Phi) is 8.04. The molecule has 39 heavy (non-hydrogen) atoms. The van der Waals surface area contributed by atoms with Gasteiger partial charge in [-0.3, -0.25) is 9.78 Å². The number of ether oxygens (including phenoxy) is 2. The van der Waals surface area contributed by atoms with E-state index in [2.05, 4.69) is 15.6 Å². The van der Waals surface area contributed by atoms with Crippen LogP contribution >= 0.6 is 35.4 Å². The number of anilines is 2. The Bertz CT molecular complexity index is 1510. The molecule has 8 nitrogen and oxygen atoms in total. The summed E-state index contributed by atoms with van der Waals surface area (Å²) in [4.78, 5) is 18.8. The minimum absolute atomic E-state index is 0.0919. The second-order valence-corrected chi connectivity index (χ2v) is 9.89. The smallest absolute Gasteiger partial charge is 0.250 e. The van der Waals surface area contributed by atoms with Crippen LogP contribution in [-0.4, -0.2) is 36.8 Å². The van der Waals surface area contributed by atoms with Crippen molar-refractivity contribution in [2.24, 2.45) is 0 Å². The molecule has 5 rings (SSSR count). The van der Waals surface area contributed by atoms with E-state index in [0.29, 0.717) is 38.1 Å². The minimum atomic E-state index is -0.403. The quantitative estimate of drug-likeness (QED) is 0.230. The van der Waals surface area contributed by atoms with Crippen molar-refractivity contribution in [2.45, 2.75) is 12.1 Å². The predicted octanol–water partition coefficient (Wildman–Crippen LogP) is 6.42. The van der Waals surface area contributed by atoms with E-state index in [4.69, 9.17) is 49.3 Å². The summed E-state index contributed by atoms with van der Waals surface area (Å²) in [5, 5.41) is 7.61. The number of nitrogens with one attached hydrogen (secondary N) is 2. The molecule has 200 valence electrons. The van der Waals surface area contributed by atoms with Crippen LogP contribution in [0.2, 0.25) is 10.0 Å². The van der Waals surface area contributed by atoms with Crippen LogP contribution in [0.5, 0.6) is 5.75 Å². The van der Waals surface area contributed by atoms with Crippen LogP contribution in [0.25, 0.3) is 11.3 Å². The van der Waals surface area contributed by atoms with E-state index < -0.39 is 6.04 Å². The Morgan fingerprint density at radius 2 is 1.95 bits per heavy atom. The van der Waals surface area contributed by atoms with Gasteiger partial charge in [0.05, 0.1) is 34.6 Å². The van der Waals surface area contributed by atoms with E-state index in [1.807, 2.05) is 47.4 Å². The molecule has 0 radical (unpaired) electrons. The number of amides is 1. The van der Waals surface area contributed by atoms with E-state index in [-0.39, 0.29) is 18.6 Å². The highest BCUT2D eigenvalue weighted by Gasteiger charge is 2.42. The normalized spacial score (nSPS) is 16.7. The first-order valence-electron chi connectivity index (χ1n) is 11.9. The third kappa shape index (κ3) is 5.58. The summed E-state index contributed by atoms with van der Waals surface area (Å²) in [5.74, 6) is 1.47. The van der Waals surface area contributed by atoms with Crippen molar-refractivity contribution in [3.8, 4) is 17.1 Å². The van der Waals surface area contributed by atoms with E-state index in [1.165, 1.54) is 14.2 Å². The molecule has 2 N–H and O–H groups in total. The first kappa shape index (κ1) is 27.0. The predicted molar refractivity (Wildman–Crippen MR) is 156 cm³/mol. The summed E-state index contributed by atoms with van der Waals surface area (Å²) in [7, 11) is 3.00. The number of furan rings is 1. The zero-order valence-corrected chi connectivity index (χ0v) is 23.3. The number of halogens is 2. The number of rotatable bonds is 8. The van der Waals surface area contributed by atoms with Gasteiger partial charge in [-0.1, -0.05) is 29.3 Å². The van der Waals surface area contributed by atoms with Crippen molar-refractivity contribution >= 4 is 57.8 Å². The topological polar surface area (TPSA) is 88.9 Å². The van der Waals surface area contributed by atoms with Crippen molar-refractivity contribution < 1.29 is 18.7 Å². The van der Waals surface area contributed by atoms with Crippen molar-refractivity contribution in [1.82, 2.24) is 10.3 Å². The molecular weight excluding hydrogens is 559 g/mol. The molecule has 1 amide bonds. The average molecular weight is 583 g/mol. The number of aromatic nitrogens is 1. The Morgan fingerprint density at radius 1 is 1.10 bits per heavy atom. The second kappa shape index (κ2) is 11.6. The fourth-order valence-electron chi connectivity index (χ4n) is 4.50. The number of carbonyl (C=O) groups excluding carboxylic acids is 1. The SMILES string of the molecule is COCC(=O)Nc1cc(N2C(=S)N[C@@H](c3ccccn3)[C@H]2c2ccc(-c3ccc(Cl)c(Cl)c3)o2)ccc1OC. The van der Waals surface area contributed by atoms with Gasteiger partial charge < -0.3 is 29.4 Å². The fourth-order valence-corrected chi connectivity index (χ4v) is 5.14. The van der Waals surface area contributed by atoms with Crippen LogP contribution in [-0.2, 0) is 9.53 Å². The van der Waals surface area contributed by atoms with Gasteiger partial charge in [0.2, 0.25) is 5.91 Å². The lowest BCUT2D eigenvalue weighted by Crippen LogP contribution is -2.29. The van der Waals surface area contributed by atoms with Gasteiger partial charge in [0.25, 0.3) is 0 Å². The number of thiocarbonyl (C=S) groups is 1. The van der Waals surface area contributed by atoms with E-state index in [1.54, 1.807) is 30.5 Å². The number of pyridine rings is 1. The highest BCUT2D eigenvalue weighted by atomic mass is 35.5. The van der Waals surface area contributed by atoms with Crippen molar-refractivity contribution in [3.63, 3.8) is 0 Å². The zero-order chi connectivity index (χ0) is 27.5. The number of benzene rings is 2. The number of methoxy groups -OCH3 is 2. The maximum Gasteiger partial charge on any atom is 0.250 e. The van der Waals surface area contributed by atoms with Gasteiger partial charge >= 0.3 is 0 Å². The molecule has 0 spiro atoms. The monoisotopic (exact) mass is 582 g/mol. The van der Waals surface area contributed by atoms with Crippen molar-refractivity contribution in [1.29, 1.82) is 0 Å². The molecule has 2 aromatic heterocycles. The van der Waals surface area contributed by atoms with Gasteiger partial charge in [0.1, 0.15) is 29.9 Å². The number of hydrogen-bond donors (Lipinski definition) is 2. The van der Waals surface area contributed by atoms with Gasteiger partial charge in [-0.15, -0.1) is 0 Å². The van der Waals surface area contributed by atoms with E-state index in [9.17, 15) is 4.79 Å². The molecule has 0 aliphatic carbocycles. The van der Waals surface area contributed by atoms with Crippen LogP contribution < -0.4 is 20.3 Å². The Hall–Kier alpha value is -3.63.